The summed E-state index contributed by atoms with van der Waals surface area (Å²) in [6, 6.07) is 7.54. The first-order valence-electron chi connectivity index (χ1n) is 8.88. The number of para-hydroxylation sites is 1. The molecule has 0 aliphatic heterocycles. The van der Waals surface area contributed by atoms with E-state index < -0.39 is 0 Å². The summed E-state index contributed by atoms with van der Waals surface area (Å²) < 4.78 is 0.753. The number of hydrogen-bond acceptors (Lipinski definition) is 7. The molecule has 2 heterocycles. The lowest BCUT2D eigenvalue weighted by molar-refractivity contribution is -0.118. The number of H-pyrrole nitrogens is 1. The van der Waals surface area contributed by atoms with Gasteiger partial charge in [-0.15, -0.1) is 10.2 Å². The topological polar surface area (TPSA) is 91.8 Å². The van der Waals surface area contributed by atoms with Crippen LogP contribution in [0.25, 0.3) is 10.9 Å². The number of carbonyl (C=O) groups is 1. The minimum absolute atomic E-state index is 0.0822. The molecule has 0 spiro atoms. The number of thioether (sulfide) groups is 1. The summed E-state index contributed by atoms with van der Waals surface area (Å²) in [6.45, 7) is 3.83. The van der Waals surface area contributed by atoms with Gasteiger partial charge in [0.1, 0.15) is 5.82 Å². The highest BCUT2D eigenvalue weighted by Gasteiger charge is 2.35. The molecule has 7 nitrogen and oxygen atoms in total. The molecule has 1 aliphatic rings. The van der Waals surface area contributed by atoms with Crippen LogP contribution in [-0.2, 0) is 4.79 Å². The molecule has 3 aromatic rings. The summed E-state index contributed by atoms with van der Waals surface area (Å²) in [5, 5.41) is 9.59. The first kappa shape index (κ1) is 18.1. The molecule has 0 bridgehead atoms. The van der Waals surface area contributed by atoms with Crippen molar-refractivity contribution >= 4 is 45.0 Å². The Morgan fingerprint density at radius 2 is 2.15 bits per heavy atom. The van der Waals surface area contributed by atoms with Gasteiger partial charge in [0, 0.05) is 12.5 Å². The molecule has 1 saturated carbocycles. The number of nitrogens with zero attached hydrogens (tertiary/aromatic N) is 4. The smallest absolute Gasteiger partial charge is 0.258 e. The van der Waals surface area contributed by atoms with Gasteiger partial charge in [-0.1, -0.05) is 42.2 Å². The second-order valence-corrected chi connectivity index (χ2v) is 8.97. The molecule has 1 atom stereocenters. The standard InChI is InChI=1S/C18H19N5O2S2/c1-3-14(24)23(11-8-9-11)17-21-22-18(27-17)26-10(2)15-19-13-7-5-4-6-12(13)16(25)20-15/h4-7,10-11H,3,8-9H2,1-2H3,(H,19,20,25)/t10-/m0/s1. The van der Waals surface area contributed by atoms with Crippen molar-refractivity contribution in [2.24, 2.45) is 0 Å². The largest absolute Gasteiger partial charge is 0.309 e. The van der Waals surface area contributed by atoms with E-state index in [9.17, 15) is 9.59 Å². The Balaban J connectivity index is 1.55. The molecule has 0 unspecified atom stereocenters. The summed E-state index contributed by atoms with van der Waals surface area (Å²) in [5.74, 6) is 0.683. The first-order valence-corrected chi connectivity index (χ1v) is 10.6. The second kappa shape index (κ2) is 7.40. The SMILES string of the molecule is CCC(=O)N(c1nnc(S[C@@H](C)c2nc3ccccc3c(=O)[nH]2)s1)C1CC1. The number of aromatic amines is 1. The van der Waals surface area contributed by atoms with Gasteiger partial charge in [0.05, 0.1) is 16.2 Å². The zero-order chi connectivity index (χ0) is 19.0. The van der Waals surface area contributed by atoms with Crippen LogP contribution < -0.4 is 10.5 Å². The van der Waals surface area contributed by atoms with Gasteiger partial charge in [-0.2, -0.15) is 0 Å². The maximum atomic E-state index is 12.3. The van der Waals surface area contributed by atoms with Crippen LogP contribution in [0.15, 0.2) is 33.4 Å². The van der Waals surface area contributed by atoms with Crippen LogP contribution in [-0.4, -0.2) is 32.1 Å². The van der Waals surface area contributed by atoms with Crippen LogP contribution >= 0.6 is 23.1 Å². The van der Waals surface area contributed by atoms with E-state index in [1.165, 1.54) is 23.1 Å². The van der Waals surface area contributed by atoms with Gasteiger partial charge in [0.15, 0.2) is 4.34 Å². The Bertz CT molecular complexity index is 1040. The molecule has 2 aromatic heterocycles. The highest BCUT2D eigenvalue weighted by Crippen LogP contribution is 2.40. The summed E-state index contributed by atoms with van der Waals surface area (Å²) in [6.07, 6.45) is 2.50. The third-order valence-corrected chi connectivity index (χ3v) is 6.49. The Hall–Kier alpha value is -2.26. The van der Waals surface area contributed by atoms with Crippen molar-refractivity contribution in [2.75, 3.05) is 4.90 Å². The van der Waals surface area contributed by atoms with Gasteiger partial charge in [0.2, 0.25) is 11.0 Å². The van der Waals surface area contributed by atoms with Gasteiger partial charge >= 0.3 is 0 Å². The fraction of sp³-hybridized carbons (Fsp3) is 0.389. The van der Waals surface area contributed by atoms with Crippen molar-refractivity contribution in [1.82, 2.24) is 20.2 Å². The third kappa shape index (κ3) is 3.74. The van der Waals surface area contributed by atoms with Crippen molar-refractivity contribution in [1.29, 1.82) is 0 Å². The van der Waals surface area contributed by atoms with E-state index in [-0.39, 0.29) is 22.8 Å². The quantitative estimate of drug-likeness (QED) is 0.502. The second-order valence-electron chi connectivity index (χ2n) is 6.43. The Labute approximate surface area is 164 Å². The van der Waals surface area contributed by atoms with Crippen molar-refractivity contribution in [3.05, 3.63) is 40.4 Å². The lowest BCUT2D eigenvalue weighted by Crippen LogP contribution is -2.32. The van der Waals surface area contributed by atoms with Crippen LogP contribution in [0, 0.1) is 0 Å². The molecule has 0 radical (unpaired) electrons. The van der Waals surface area contributed by atoms with Crippen molar-refractivity contribution in [3.8, 4) is 0 Å². The summed E-state index contributed by atoms with van der Waals surface area (Å²) in [5.41, 5.74) is 0.532. The van der Waals surface area contributed by atoms with Gasteiger partial charge in [-0.3, -0.25) is 14.5 Å². The molecule has 140 valence electrons. The molecule has 27 heavy (non-hydrogen) atoms. The van der Waals surface area contributed by atoms with Crippen LogP contribution in [0.3, 0.4) is 0 Å². The molecule has 0 saturated heterocycles. The van der Waals surface area contributed by atoms with Crippen LogP contribution in [0.4, 0.5) is 5.13 Å². The first-order chi connectivity index (χ1) is 13.1. The van der Waals surface area contributed by atoms with Crippen molar-refractivity contribution in [3.63, 3.8) is 0 Å². The van der Waals surface area contributed by atoms with Crippen molar-refractivity contribution in [2.45, 2.75) is 48.7 Å². The molecule has 1 amide bonds. The van der Waals surface area contributed by atoms with E-state index in [2.05, 4.69) is 20.2 Å². The number of amides is 1. The van der Waals surface area contributed by atoms with Gasteiger partial charge < -0.3 is 4.98 Å². The summed E-state index contributed by atoms with van der Waals surface area (Å²) >= 11 is 2.89. The van der Waals surface area contributed by atoms with E-state index in [1.807, 2.05) is 32.0 Å². The van der Waals surface area contributed by atoms with Gasteiger partial charge in [-0.25, -0.2) is 4.98 Å². The molecular formula is C18H19N5O2S2. The number of nitrogens with one attached hydrogen (secondary N) is 1. The summed E-state index contributed by atoms with van der Waals surface area (Å²) in [4.78, 5) is 33.7. The fourth-order valence-electron chi connectivity index (χ4n) is 2.82. The number of fused-ring (bicyclic) bond motifs is 1. The number of aromatic nitrogens is 4. The Morgan fingerprint density at radius 3 is 2.89 bits per heavy atom. The zero-order valence-electron chi connectivity index (χ0n) is 15.0. The fourth-order valence-corrected chi connectivity index (χ4v) is 4.95. The molecule has 1 aliphatic carbocycles. The molecular weight excluding hydrogens is 382 g/mol. The average molecular weight is 402 g/mol. The third-order valence-electron chi connectivity index (χ3n) is 4.38. The monoisotopic (exact) mass is 401 g/mol. The molecule has 1 fully saturated rings. The maximum absolute atomic E-state index is 12.3. The number of carbonyl (C=O) groups excluding carboxylic acids is 1. The molecule has 1 N–H and O–H groups in total. The minimum Gasteiger partial charge on any atom is -0.309 e. The number of rotatable bonds is 6. The zero-order valence-corrected chi connectivity index (χ0v) is 16.6. The van der Waals surface area contributed by atoms with E-state index >= 15 is 0 Å². The van der Waals surface area contributed by atoms with Gasteiger partial charge in [-0.05, 0) is 31.9 Å². The average Bonchev–Trinajstić information content (AvgIpc) is 3.40. The highest BCUT2D eigenvalue weighted by molar-refractivity contribution is 8.01. The van der Waals surface area contributed by atoms with E-state index in [0.29, 0.717) is 28.3 Å². The predicted octanol–water partition coefficient (Wildman–Crippen LogP) is 3.53. The van der Waals surface area contributed by atoms with Gasteiger partial charge in [0.25, 0.3) is 5.56 Å². The number of hydrogen-bond donors (Lipinski definition) is 1. The lowest BCUT2D eigenvalue weighted by Gasteiger charge is -2.17. The number of anilines is 1. The number of benzene rings is 1. The van der Waals surface area contributed by atoms with Crippen LogP contribution in [0.5, 0.6) is 0 Å². The van der Waals surface area contributed by atoms with Crippen LogP contribution in [0.1, 0.15) is 44.2 Å². The van der Waals surface area contributed by atoms with E-state index in [1.54, 1.807) is 11.0 Å². The normalized spacial score (nSPS) is 15.0. The lowest BCUT2D eigenvalue weighted by atomic mass is 10.2. The predicted molar refractivity (Wildman–Crippen MR) is 107 cm³/mol. The molecule has 9 heteroatoms. The highest BCUT2D eigenvalue weighted by atomic mass is 32.2. The minimum atomic E-state index is -0.144. The van der Waals surface area contributed by atoms with E-state index in [4.69, 9.17) is 0 Å². The van der Waals surface area contributed by atoms with E-state index in [0.717, 1.165) is 17.2 Å². The van der Waals surface area contributed by atoms with Crippen LogP contribution in [0.2, 0.25) is 0 Å². The Morgan fingerprint density at radius 1 is 1.37 bits per heavy atom. The Kier molecular flexibility index (Phi) is 4.96. The maximum Gasteiger partial charge on any atom is 0.258 e. The molecule has 4 rings (SSSR count). The van der Waals surface area contributed by atoms with Crippen molar-refractivity contribution < 1.29 is 4.79 Å². The molecule has 1 aromatic carbocycles. The summed E-state index contributed by atoms with van der Waals surface area (Å²) in [7, 11) is 0.